The molecule has 3 rings (SSSR count). The summed E-state index contributed by atoms with van der Waals surface area (Å²) in [6.45, 7) is 1.78. The first-order chi connectivity index (χ1) is 11.1. The van der Waals surface area contributed by atoms with E-state index in [0.717, 1.165) is 27.9 Å². The van der Waals surface area contributed by atoms with Crippen LogP contribution in [0.4, 0.5) is 11.4 Å². The van der Waals surface area contributed by atoms with Gasteiger partial charge in [0.15, 0.2) is 0 Å². The van der Waals surface area contributed by atoms with E-state index in [4.69, 9.17) is 9.84 Å². The summed E-state index contributed by atoms with van der Waals surface area (Å²) in [5.74, 6) is -0.152. The predicted molar refractivity (Wildman–Crippen MR) is 91.9 cm³/mol. The minimum Gasteiger partial charge on any atom is -0.494 e. The Labute approximate surface area is 134 Å². The van der Waals surface area contributed by atoms with Gasteiger partial charge in [-0.05, 0) is 42.1 Å². The Morgan fingerprint density at radius 2 is 1.87 bits per heavy atom. The third kappa shape index (κ3) is 2.83. The number of fused-ring (bicyclic) bond motifs is 1. The lowest BCUT2D eigenvalue weighted by atomic mass is 10.1. The van der Waals surface area contributed by atoms with E-state index in [-0.39, 0.29) is 0 Å². The van der Waals surface area contributed by atoms with Crippen LogP contribution < -0.4 is 10.1 Å². The van der Waals surface area contributed by atoms with Crippen LogP contribution >= 0.6 is 0 Å². The second-order valence-corrected chi connectivity index (χ2v) is 5.33. The van der Waals surface area contributed by atoms with Gasteiger partial charge < -0.3 is 15.2 Å². The summed E-state index contributed by atoms with van der Waals surface area (Å²) in [6.07, 6.45) is 0. The van der Waals surface area contributed by atoms with Gasteiger partial charge in [0, 0.05) is 11.1 Å². The standard InChI is InChI=1S/C19H17NO3/c1-12-11-14(8-9-15(12)19(21)22)20-17-10-7-13-5-3-4-6-16(13)18(17)23-2/h3-11,20H,1-2H3,(H,21,22). The van der Waals surface area contributed by atoms with Crippen molar-refractivity contribution in [2.45, 2.75) is 6.92 Å². The van der Waals surface area contributed by atoms with E-state index in [9.17, 15) is 4.79 Å². The molecule has 4 nitrogen and oxygen atoms in total. The largest absolute Gasteiger partial charge is 0.494 e. The average Bonchev–Trinajstić information content (AvgIpc) is 2.54. The fourth-order valence-corrected chi connectivity index (χ4v) is 2.70. The van der Waals surface area contributed by atoms with Crippen molar-refractivity contribution in [3.63, 3.8) is 0 Å². The van der Waals surface area contributed by atoms with Crippen molar-refractivity contribution >= 4 is 28.1 Å². The summed E-state index contributed by atoms with van der Waals surface area (Å²) < 4.78 is 5.57. The van der Waals surface area contributed by atoms with E-state index in [1.807, 2.05) is 42.5 Å². The summed E-state index contributed by atoms with van der Waals surface area (Å²) in [5, 5.41) is 14.5. The van der Waals surface area contributed by atoms with Gasteiger partial charge in [-0.1, -0.05) is 30.3 Å². The predicted octanol–water partition coefficient (Wildman–Crippen LogP) is 4.60. The van der Waals surface area contributed by atoms with Crippen molar-refractivity contribution in [3.05, 3.63) is 65.7 Å². The first-order valence-electron chi connectivity index (χ1n) is 7.27. The zero-order valence-corrected chi connectivity index (χ0v) is 13.0. The van der Waals surface area contributed by atoms with E-state index in [1.54, 1.807) is 26.2 Å². The molecule has 0 aliphatic carbocycles. The summed E-state index contributed by atoms with van der Waals surface area (Å²) in [5.41, 5.74) is 2.68. The van der Waals surface area contributed by atoms with Crippen LogP contribution in [0, 0.1) is 6.92 Å². The molecule has 0 aromatic heterocycles. The lowest BCUT2D eigenvalue weighted by molar-refractivity contribution is 0.0696. The van der Waals surface area contributed by atoms with E-state index >= 15 is 0 Å². The van der Waals surface area contributed by atoms with Gasteiger partial charge in [-0.25, -0.2) is 4.79 Å². The topological polar surface area (TPSA) is 58.6 Å². The third-order valence-electron chi connectivity index (χ3n) is 3.82. The minimum atomic E-state index is -0.919. The van der Waals surface area contributed by atoms with Crippen LogP contribution in [0.15, 0.2) is 54.6 Å². The van der Waals surface area contributed by atoms with Gasteiger partial charge in [-0.15, -0.1) is 0 Å². The highest BCUT2D eigenvalue weighted by molar-refractivity contribution is 5.94. The van der Waals surface area contributed by atoms with Gasteiger partial charge in [0.2, 0.25) is 0 Å². The molecule has 2 N–H and O–H groups in total. The molecule has 0 amide bonds. The Kier molecular flexibility index (Phi) is 3.89. The van der Waals surface area contributed by atoms with Gasteiger partial charge in [0.05, 0.1) is 18.4 Å². The highest BCUT2D eigenvalue weighted by atomic mass is 16.5. The Balaban J connectivity index is 2.01. The van der Waals surface area contributed by atoms with Gasteiger partial charge in [-0.2, -0.15) is 0 Å². The fraction of sp³-hybridized carbons (Fsp3) is 0.105. The summed E-state index contributed by atoms with van der Waals surface area (Å²) in [7, 11) is 1.64. The van der Waals surface area contributed by atoms with E-state index in [1.165, 1.54) is 0 Å². The molecule has 0 radical (unpaired) electrons. The number of aryl methyl sites for hydroxylation is 1. The number of carboxylic acid groups (broad SMARTS) is 1. The molecule has 0 unspecified atom stereocenters. The van der Waals surface area contributed by atoms with Crippen LogP contribution in [-0.4, -0.2) is 18.2 Å². The van der Waals surface area contributed by atoms with Gasteiger partial charge in [0.25, 0.3) is 0 Å². The molecule has 0 saturated carbocycles. The number of aromatic carboxylic acids is 1. The molecule has 3 aromatic rings. The second-order valence-electron chi connectivity index (χ2n) is 5.33. The molecule has 0 atom stereocenters. The van der Waals surface area contributed by atoms with Crippen molar-refractivity contribution in [1.82, 2.24) is 0 Å². The van der Waals surface area contributed by atoms with Crippen molar-refractivity contribution in [2.75, 3.05) is 12.4 Å². The maximum atomic E-state index is 11.1. The lowest BCUT2D eigenvalue weighted by Gasteiger charge is -2.14. The third-order valence-corrected chi connectivity index (χ3v) is 3.82. The van der Waals surface area contributed by atoms with Crippen LogP contribution in [0.3, 0.4) is 0 Å². The van der Waals surface area contributed by atoms with E-state index < -0.39 is 5.97 Å². The van der Waals surface area contributed by atoms with Crippen molar-refractivity contribution in [1.29, 1.82) is 0 Å². The first kappa shape index (κ1) is 14.9. The smallest absolute Gasteiger partial charge is 0.335 e. The maximum Gasteiger partial charge on any atom is 0.335 e. The average molecular weight is 307 g/mol. The number of hydrogen-bond acceptors (Lipinski definition) is 3. The van der Waals surface area contributed by atoms with Gasteiger partial charge >= 0.3 is 5.97 Å². The van der Waals surface area contributed by atoms with Crippen LogP contribution in [0.1, 0.15) is 15.9 Å². The molecule has 0 aliphatic heterocycles. The molecule has 116 valence electrons. The Morgan fingerprint density at radius 3 is 2.57 bits per heavy atom. The molecule has 23 heavy (non-hydrogen) atoms. The molecule has 0 aliphatic rings. The highest BCUT2D eigenvalue weighted by Gasteiger charge is 2.10. The van der Waals surface area contributed by atoms with Crippen molar-refractivity contribution < 1.29 is 14.6 Å². The van der Waals surface area contributed by atoms with E-state index in [2.05, 4.69) is 5.32 Å². The van der Waals surface area contributed by atoms with Crippen molar-refractivity contribution in [2.24, 2.45) is 0 Å². The van der Waals surface area contributed by atoms with E-state index in [0.29, 0.717) is 11.1 Å². The molecule has 0 spiro atoms. The molecule has 4 heteroatoms. The number of rotatable bonds is 4. The Morgan fingerprint density at radius 1 is 1.09 bits per heavy atom. The molecule has 0 saturated heterocycles. The van der Waals surface area contributed by atoms with Crippen molar-refractivity contribution in [3.8, 4) is 5.75 Å². The minimum absolute atomic E-state index is 0.307. The Bertz CT molecular complexity index is 887. The number of nitrogens with one attached hydrogen (secondary N) is 1. The number of anilines is 2. The molecule has 0 fully saturated rings. The number of ether oxygens (including phenoxy) is 1. The Hall–Kier alpha value is -3.01. The summed E-state index contributed by atoms with van der Waals surface area (Å²) in [6, 6.07) is 17.2. The van der Waals surface area contributed by atoms with Gasteiger partial charge in [-0.3, -0.25) is 0 Å². The van der Waals surface area contributed by atoms with Crippen LogP contribution in [0.5, 0.6) is 5.75 Å². The maximum absolute atomic E-state index is 11.1. The number of carboxylic acids is 1. The monoisotopic (exact) mass is 307 g/mol. The fourth-order valence-electron chi connectivity index (χ4n) is 2.70. The van der Waals surface area contributed by atoms with Crippen LogP contribution in [0.25, 0.3) is 10.8 Å². The number of hydrogen-bond donors (Lipinski definition) is 2. The molecule has 3 aromatic carbocycles. The first-order valence-corrected chi connectivity index (χ1v) is 7.27. The molecular weight excluding hydrogens is 290 g/mol. The zero-order chi connectivity index (χ0) is 16.4. The van der Waals surface area contributed by atoms with Crippen LogP contribution in [0.2, 0.25) is 0 Å². The number of carbonyl (C=O) groups is 1. The lowest BCUT2D eigenvalue weighted by Crippen LogP contribution is -2.01. The van der Waals surface area contributed by atoms with Gasteiger partial charge in [0.1, 0.15) is 5.75 Å². The summed E-state index contributed by atoms with van der Waals surface area (Å²) in [4.78, 5) is 11.1. The number of benzene rings is 3. The highest BCUT2D eigenvalue weighted by Crippen LogP contribution is 2.35. The molecule has 0 heterocycles. The SMILES string of the molecule is COc1c(Nc2ccc(C(=O)O)c(C)c2)ccc2ccccc12. The quantitative estimate of drug-likeness (QED) is 0.739. The number of methoxy groups -OCH3 is 1. The van der Waals surface area contributed by atoms with Crippen LogP contribution in [-0.2, 0) is 0 Å². The normalized spacial score (nSPS) is 10.5. The molecular formula is C19H17NO3. The summed E-state index contributed by atoms with van der Waals surface area (Å²) >= 11 is 0. The zero-order valence-electron chi connectivity index (χ0n) is 13.0. The second kappa shape index (κ2) is 6.01. The molecule has 0 bridgehead atoms.